The van der Waals surface area contributed by atoms with Crippen LogP contribution in [0, 0.1) is 11.1 Å². The monoisotopic (exact) mass is 747 g/mol. The Morgan fingerprint density at radius 2 is 1.85 bits per heavy atom. The number of carbonyl (C=O) groups excluding carboxylic acids is 2. The van der Waals surface area contributed by atoms with Crippen molar-refractivity contribution in [3.8, 4) is 11.5 Å². The molecule has 11 nitrogen and oxygen atoms in total. The van der Waals surface area contributed by atoms with Crippen molar-refractivity contribution in [2.24, 2.45) is 5.92 Å². The number of hydrogen-bond donors (Lipinski definition) is 1. The Bertz CT molecular complexity index is 1570. The number of aromatic nitrogens is 1. The zero-order valence-corrected chi connectivity index (χ0v) is 29.0. The van der Waals surface area contributed by atoms with Gasteiger partial charge in [-0.05, 0) is 62.7 Å². The lowest BCUT2D eigenvalue weighted by Gasteiger charge is -2.26. The number of hydrogen-bond acceptors (Lipinski definition) is 10. The number of halogens is 4. The molecule has 1 saturated heterocycles. The Morgan fingerprint density at radius 3 is 2.48 bits per heavy atom. The predicted octanol–water partition coefficient (Wildman–Crippen LogP) is 5.88. The van der Waals surface area contributed by atoms with Gasteiger partial charge in [0.2, 0.25) is 0 Å². The van der Waals surface area contributed by atoms with Crippen molar-refractivity contribution in [2.45, 2.75) is 43.9 Å². The molecule has 5 rings (SSSR count). The van der Waals surface area contributed by atoms with Crippen molar-refractivity contribution in [1.82, 2.24) is 9.80 Å². The van der Waals surface area contributed by atoms with Crippen molar-refractivity contribution in [2.75, 3.05) is 33.0 Å². The van der Waals surface area contributed by atoms with E-state index in [0.717, 1.165) is 30.1 Å². The van der Waals surface area contributed by atoms with E-state index in [0.29, 0.717) is 52.1 Å². The Balaban J connectivity index is 0.00000167. The summed E-state index contributed by atoms with van der Waals surface area (Å²) in [5.74, 6) is -0.169. The van der Waals surface area contributed by atoms with Gasteiger partial charge in [0.25, 0.3) is 12.4 Å². The van der Waals surface area contributed by atoms with Crippen LogP contribution in [-0.4, -0.2) is 78.2 Å². The van der Waals surface area contributed by atoms with E-state index in [4.69, 9.17) is 42.6 Å². The van der Waals surface area contributed by atoms with E-state index in [1.807, 2.05) is 25.1 Å². The minimum absolute atomic E-state index is 0.0501. The molecule has 1 aliphatic carbocycles. The summed E-state index contributed by atoms with van der Waals surface area (Å²) < 4.78 is 43.4. The normalized spacial score (nSPS) is 16.3. The van der Waals surface area contributed by atoms with Crippen LogP contribution in [0.3, 0.4) is 0 Å². The predicted molar refractivity (Wildman–Crippen MR) is 177 cm³/mol. The lowest BCUT2D eigenvalue weighted by molar-refractivity contribution is -0.605. The van der Waals surface area contributed by atoms with Crippen LogP contribution in [0.4, 0.5) is 8.78 Å². The summed E-state index contributed by atoms with van der Waals surface area (Å²) in [6.07, 6.45) is 3.13. The molecule has 1 aromatic carbocycles. The molecule has 0 bridgehead atoms. The number of ether oxygens (including phenoxy) is 3. The van der Waals surface area contributed by atoms with Crippen LogP contribution in [-0.2, 0) is 27.3 Å². The van der Waals surface area contributed by atoms with E-state index in [1.54, 1.807) is 6.07 Å². The molecular weight excluding hydrogens is 715 g/mol. The first kappa shape index (κ1) is 37.4. The molecule has 1 unspecified atom stereocenters. The molecule has 1 saturated carbocycles. The summed E-state index contributed by atoms with van der Waals surface area (Å²) in [4.78, 5) is 40.6. The molecule has 260 valence electrons. The fraction of sp³-hybridized carbons (Fsp3) is 0.419. The molecule has 0 radical (unpaired) electrons. The summed E-state index contributed by atoms with van der Waals surface area (Å²) >= 11 is 15.4. The van der Waals surface area contributed by atoms with Gasteiger partial charge in [0, 0.05) is 35.7 Å². The van der Waals surface area contributed by atoms with Gasteiger partial charge in [-0.25, -0.2) is 4.79 Å². The molecule has 2 aromatic heterocycles. The highest BCUT2D eigenvalue weighted by Gasteiger charge is 2.39. The number of carbonyl (C=O) groups is 3. The molecule has 3 aromatic rings. The number of alkyl halides is 2. The molecule has 1 amide bonds. The largest absolute Gasteiger partial charge is 0.619 e. The molecular formula is C31H33Cl2F2N3O8S2. The minimum Gasteiger partial charge on any atom is -0.619 e. The topological polar surface area (TPSA) is 133 Å². The molecule has 1 N–H and O–H groups in total. The van der Waals surface area contributed by atoms with Gasteiger partial charge >= 0.3 is 12.6 Å². The highest BCUT2D eigenvalue weighted by molar-refractivity contribution is 8.00. The molecule has 3 heterocycles. The maximum absolute atomic E-state index is 13.7. The van der Waals surface area contributed by atoms with E-state index >= 15 is 0 Å². The lowest BCUT2D eigenvalue weighted by Crippen LogP contribution is -2.40. The number of carboxylic acid groups (broad SMARTS) is 1. The average molecular weight is 749 g/mol. The molecule has 2 atom stereocenters. The molecule has 2 aliphatic rings. The van der Waals surface area contributed by atoms with Crippen LogP contribution in [0.25, 0.3) is 0 Å². The van der Waals surface area contributed by atoms with Crippen LogP contribution >= 0.6 is 46.3 Å². The van der Waals surface area contributed by atoms with Gasteiger partial charge in [-0.15, -0.1) is 23.1 Å². The van der Waals surface area contributed by atoms with E-state index in [9.17, 15) is 23.6 Å². The first-order valence-corrected chi connectivity index (χ1v) is 17.2. The number of thioether (sulfide) groups is 1. The fourth-order valence-electron chi connectivity index (χ4n) is 4.76. The van der Waals surface area contributed by atoms with Crippen LogP contribution in [0.1, 0.15) is 44.6 Å². The quantitative estimate of drug-likeness (QED) is 0.0978. The Kier molecular flexibility index (Phi) is 13.5. The SMILES string of the molecule is CN(C)Cc1ccc(C(=O)N2CCSC2C(=O)O[C@@H](Cc2c(Cl)c[n+]([O-])cc2Cl)c2ccc(OC(F)F)c(OCC3CC3)c2)s1.O=CO. The van der Waals surface area contributed by atoms with Crippen molar-refractivity contribution < 1.29 is 47.2 Å². The van der Waals surface area contributed by atoms with E-state index < -0.39 is 24.1 Å². The second-order valence-electron chi connectivity index (χ2n) is 11.1. The minimum atomic E-state index is -3.07. The first-order chi connectivity index (χ1) is 22.9. The van der Waals surface area contributed by atoms with Crippen LogP contribution < -0.4 is 14.2 Å². The van der Waals surface area contributed by atoms with E-state index in [1.165, 1.54) is 46.2 Å². The molecule has 17 heteroatoms. The number of rotatable bonds is 13. The number of esters is 1. The summed E-state index contributed by atoms with van der Waals surface area (Å²) in [5, 5.41) is 18.0. The number of nitrogens with zero attached hydrogens (tertiary/aromatic N) is 3. The standard InChI is InChI=1S/C30H31Cl2F2N3O6S2.CH2O2/c1-35(2)13-19-6-8-26(45-19)27(38)37-9-10-44-28(37)29(39)42-24(12-20-21(31)14-36(40)15-22(20)32)18-5-7-23(43-30(33)34)25(11-18)41-16-17-3-4-17;2-1-3/h5-8,11,14-15,17,24,28,30H,3-4,9-10,12-13,16H2,1-2H3;1H,(H,2,3)/t24-,28?;/m0./s1. The second-order valence-corrected chi connectivity index (χ2v) is 14.3. The molecule has 0 spiro atoms. The van der Waals surface area contributed by atoms with Gasteiger partial charge in [0.15, 0.2) is 29.3 Å². The van der Waals surface area contributed by atoms with Gasteiger partial charge < -0.3 is 34.3 Å². The Labute approximate surface area is 293 Å². The van der Waals surface area contributed by atoms with Gasteiger partial charge in [-0.1, -0.05) is 29.3 Å². The smallest absolute Gasteiger partial charge is 0.387 e. The number of thiophene rings is 1. The van der Waals surface area contributed by atoms with Gasteiger partial charge in [0.05, 0.1) is 11.5 Å². The average Bonchev–Trinajstić information content (AvgIpc) is 3.50. The van der Waals surface area contributed by atoms with Crippen molar-refractivity contribution >= 4 is 64.6 Å². The third-order valence-electron chi connectivity index (χ3n) is 7.13. The van der Waals surface area contributed by atoms with Crippen molar-refractivity contribution in [1.29, 1.82) is 0 Å². The number of amides is 1. The Morgan fingerprint density at radius 1 is 1.17 bits per heavy atom. The van der Waals surface area contributed by atoms with Gasteiger partial charge in [-0.2, -0.15) is 13.5 Å². The van der Waals surface area contributed by atoms with Crippen LogP contribution in [0.5, 0.6) is 11.5 Å². The summed E-state index contributed by atoms with van der Waals surface area (Å²) in [7, 11) is 3.88. The summed E-state index contributed by atoms with van der Waals surface area (Å²) in [6.45, 7) is -1.96. The van der Waals surface area contributed by atoms with Crippen LogP contribution in [0.2, 0.25) is 10.0 Å². The lowest BCUT2D eigenvalue weighted by atomic mass is 10.0. The van der Waals surface area contributed by atoms with Crippen LogP contribution in [0.15, 0.2) is 42.7 Å². The third kappa shape index (κ3) is 10.3. The molecule has 1 aliphatic heterocycles. The van der Waals surface area contributed by atoms with Crippen molar-refractivity contribution in [3.05, 3.63) is 78.9 Å². The fourth-order valence-corrected chi connectivity index (χ4v) is 7.54. The summed E-state index contributed by atoms with van der Waals surface area (Å²) in [6, 6.07) is 7.95. The second kappa shape index (κ2) is 17.3. The number of pyridine rings is 1. The van der Waals surface area contributed by atoms with E-state index in [-0.39, 0.29) is 40.3 Å². The number of benzene rings is 1. The maximum atomic E-state index is 13.7. The molecule has 48 heavy (non-hydrogen) atoms. The van der Waals surface area contributed by atoms with Gasteiger partial charge in [0.1, 0.15) is 16.1 Å². The summed E-state index contributed by atoms with van der Waals surface area (Å²) in [5.41, 5.74) is 0.741. The Hall–Kier alpha value is -3.37. The first-order valence-electron chi connectivity index (χ1n) is 14.6. The highest BCUT2D eigenvalue weighted by Crippen LogP contribution is 2.39. The van der Waals surface area contributed by atoms with E-state index in [2.05, 4.69) is 4.74 Å². The molecule has 2 fully saturated rings. The zero-order chi connectivity index (χ0) is 35.0. The maximum Gasteiger partial charge on any atom is 0.387 e. The van der Waals surface area contributed by atoms with Gasteiger partial charge in [-0.3, -0.25) is 9.59 Å². The van der Waals surface area contributed by atoms with Crippen molar-refractivity contribution in [3.63, 3.8) is 0 Å². The highest BCUT2D eigenvalue weighted by atomic mass is 35.5. The third-order valence-corrected chi connectivity index (χ3v) is 10.0. The zero-order valence-electron chi connectivity index (χ0n) is 25.9.